The van der Waals surface area contributed by atoms with Crippen molar-refractivity contribution in [3.05, 3.63) is 36.6 Å². The average Bonchev–Trinajstić information content (AvgIpc) is 2.96. The number of fused-ring (bicyclic) bond motifs is 1. The van der Waals surface area contributed by atoms with E-state index in [2.05, 4.69) is 27.6 Å². The lowest BCUT2D eigenvalue weighted by Gasteiger charge is -1.96. The molecule has 0 spiro atoms. The lowest BCUT2D eigenvalue weighted by molar-refractivity contribution is 0.602. The molecule has 16 heavy (non-hydrogen) atoms. The number of H-pyrrole nitrogens is 1. The molecule has 0 aliphatic rings. The molecule has 5 heteroatoms. The minimum absolute atomic E-state index is 0.602. The molecule has 4 nitrogen and oxygen atoms in total. The Balaban J connectivity index is 2.10. The van der Waals surface area contributed by atoms with Gasteiger partial charge < -0.3 is 9.40 Å². The van der Waals surface area contributed by atoms with Crippen molar-refractivity contribution in [3.8, 4) is 11.3 Å². The number of hydrogen-bond donors (Lipinski definition) is 2. The molecule has 0 aliphatic heterocycles. The lowest BCUT2D eigenvalue weighted by Crippen LogP contribution is -1.81. The van der Waals surface area contributed by atoms with Gasteiger partial charge >= 0.3 is 0 Å². The maximum atomic E-state index is 5.25. The maximum absolute atomic E-state index is 5.25. The van der Waals surface area contributed by atoms with Crippen molar-refractivity contribution >= 4 is 23.7 Å². The Morgan fingerprint density at radius 2 is 2.25 bits per heavy atom. The van der Waals surface area contributed by atoms with Crippen LogP contribution >= 0.6 is 12.6 Å². The monoisotopic (exact) mass is 231 g/mol. The van der Waals surface area contributed by atoms with E-state index in [1.54, 1.807) is 6.20 Å². The molecular formula is C11H9N3OS. The van der Waals surface area contributed by atoms with E-state index in [-0.39, 0.29) is 0 Å². The van der Waals surface area contributed by atoms with Gasteiger partial charge in [0, 0.05) is 11.3 Å². The first-order valence-electron chi connectivity index (χ1n) is 4.85. The summed E-state index contributed by atoms with van der Waals surface area (Å²) in [6.07, 6.45) is 3.24. The molecule has 3 rings (SSSR count). The van der Waals surface area contributed by atoms with Gasteiger partial charge in [0.05, 0.1) is 11.9 Å². The van der Waals surface area contributed by atoms with Crippen molar-refractivity contribution in [2.24, 2.45) is 0 Å². The van der Waals surface area contributed by atoms with Crippen LogP contribution in [0.1, 0.15) is 5.82 Å². The summed E-state index contributed by atoms with van der Waals surface area (Å²) in [6.45, 7) is 0. The molecule has 0 atom stereocenters. The van der Waals surface area contributed by atoms with Crippen LogP contribution in [0.5, 0.6) is 0 Å². The van der Waals surface area contributed by atoms with Crippen LogP contribution in [-0.4, -0.2) is 15.0 Å². The van der Waals surface area contributed by atoms with Gasteiger partial charge in [-0.3, -0.25) is 0 Å². The predicted molar refractivity (Wildman–Crippen MR) is 64.3 cm³/mol. The standard InChI is InChI=1S/C11H9N3OS/c16-5-11-12-4-9(14-11)7-1-2-8-10(3-7)15-6-13-8/h1-4,6,16H,5H2,(H,12,14). The second-order valence-electron chi connectivity index (χ2n) is 3.44. The molecule has 0 unspecified atom stereocenters. The third-order valence-electron chi connectivity index (χ3n) is 2.42. The van der Waals surface area contributed by atoms with Gasteiger partial charge in [-0.2, -0.15) is 12.6 Å². The van der Waals surface area contributed by atoms with Crippen LogP contribution in [0, 0.1) is 0 Å². The van der Waals surface area contributed by atoms with Gasteiger partial charge in [0.1, 0.15) is 11.3 Å². The molecule has 0 aliphatic carbocycles. The minimum Gasteiger partial charge on any atom is -0.443 e. The number of thiol groups is 1. The van der Waals surface area contributed by atoms with Gasteiger partial charge in [-0.15, -0.1) is 0 Å². The van der Waals surface area contributed by atoms with Crippen LogP contribution in [0.3, 0.4) is 0 Å². The van der Waals surface area contributed by atoms with Crippen molar-refractivity contribution < 1.29 is 4.42 Å². The van der Waals surface area contributed by atoms with E-state index >= 15 is 0 Å². The van der Waals surface area contributed by atoms with Crippen molar-refractivity contribution in [3.63, 3.8) is 0 Å². The van der Waals surface area contributed by atoms with Gasteiger partial charge in [0.2, 0.25) is 0 Å². The van der Waals surface area contributed by atoms with Crippen LogP contribution in [-0.2, 0) is 5.75 Å². The molecule has 0 radical (unpaired) electrons. The molecule has 0 saturated heterocycles. The normalized spacial score (nSPS) is 11.1. The van der Waals surface area contributed by atoms with Gasteiger partial charge in [-0.1, -0.05) is 6.07 Å². The number of hydrogen-bond acceptors (Lipinski definition) is 4. The number of nitrogens with zero attached hydrogens (tertiary/aromatic N) is 2. The Hall–Kier alpha value is -1.75. The fraction of sp³-hybridized carbons (Fsp3) is 0.0909. The second-order valence-corrected chi connectivity index (χ2v) is 3.75. The Labute approximate surface area is 97.1 Å². The third kappa shape index (κ3) is 1.49. The van der Waals surface area contributed by atoms with Crippen LogP contribution in [0.15, 0.2) is 35.2 Å². The Bertz CT molecular complexity index is 629. The first kappa shape index (κ1) is 9.47. The quantitative estimate of drug-likeness (QED) is 0.667. The van der Waals surface area contributed by atoms with Gasteiger partial charge in [-0.05, 0) is 12.1 Å². The van der Waals surface area contributed by atoms with Crippen LogP contribution in [0.4, 0.5) is 0 Å². The molecule has 0 fully saturated rings. The average molecular weight is 231 g/mol. The van der Waals surface area contributed by atoms with Crippen molar-refractivity contribution in [2.45, 2.75) is 5.75 Å². The number of aromatic amines is 1. The van der Waals surface area contributed by atoms with E-state index < -0.39 is 0 Å². The first-order valence-corrected chi connectivity index (χ1v) is 5.48. The second kappa shape index (κ2) is 3.68. The van der Waals surface area contributed by atoms with E-state index in [4.69, 9.17) is 4.42 Å². The van der Waals surface area contributed by atoms with E-state index in [0.29, 0.717) is 5.75 Å². The van der Waals surface area contributed by atoms with E-state index in [0.717, 1.165) is 28.2 Å². The third-order valence-corrected chi connectivity index (χ3v) is 2.72. The SMILES string of the molecule is SCc1ncc(-c2ccc3ncoc3c2)[nH]1. The molecular weight excluding hydrogens is 222 g/mol. The summed E-state index contributed by atoms with van der Waals surface area (Å²) in [4.78, 5) is 11.5. The largest absolute Gasteiger partial charge is 0.443 e. The van der Waals surface area contributed by atoms with Crippen LogP contribution in [0.25, 0.3) is 22.4 Å². The highest BCUT2D eigenvalue weighted by Gasteiger charge is 2.05. The number of oxazole rings is 1. The number of rotatable bonds is 2. The van der Waals surface area contributed by atoms with Gasteiger partial charge in [0.25, 0.3) is 0 Å². The molecule has 0 saturated carbocycles. The Morgan fingerprint density at radius 1 is 1.31 bits per heavy atom. The summed E-state index contributed by atoms with van der Waals surface area (Å²) in [6, 6.07) is 5.86. The van der Waals surface area contributed by atoms with E-state index in [1.807, 2.05) is 18.2 Å². The van der Waals surface area contributed by atoms with Crippen molar-refractivity contribution in [1.29, 1.82) is 0 Å². The summed E-state index contributed by atoms with van der Waals surface area (Å²) in [5.41, 5.74) is 3.63. The maximum Gasteiger partial charge on any atom is 0.181 e. The molecule has 0 amide bonds. The molecule has 2 aromatic heterocycles. The zero-order chi connectivity index (χ0) is 11.0. The highest BCUT2D eigenvalue weighted by atomic mass is 32.1. The molecule has 3 aromatic rings. The van der Waals surface area contributed by atoms with Crippen LogP contribution in [0.2, 0.25) is 0 Å². The lowest BCUT2D eigenvalue weighted by atomic mass is 10.1. The molecule has 0 bridgehead atoms. The van der Waals surface area contributed by atoms with Gasteiger partial charge in [-0.25, -0.2) is 9.97 Å². The van der Waals surface area contributed by atoms with E-state index in [9.17, 15) is 0 Å². The number of nitrogens with one attached hydrogen (secondary N) is 1. The predicted octanol–water partition coefficient (Wildman–Crippen LogP) is 2.65. The topological polar surface area (TPSA) is 54.7 Å². The highest BCUT2D eigenvalue weighted by molar-refractivity contribution is 7.79. The van der Waals surface area contributed by atoms with Crippen molar-refractivity contribution in [2.75, 3.05) is 0 Å². The summed E-state index contributed by atoms with van der Waals surface area (Å²) < 4.78 is 5.25. The summed E-state index contributed by atoms with van der Waals surface area (Å²) in [7, 11) is 0. The van der Waals surface area contributed by atoms with Crippen LogP contribution < -0.4 is 0 Å². The first-order chi connectivity index (χ1) is 7.86. The minimum atomic E-state index is 0.602. The van der Waals surface area contributed by atoms with E-state index in [1.165, 1.54) is 6.39 Å². The Kier molecular flexibility index (Phi) is 2.18. The number of aromatic nitrogens is 3. The number of benzene rings is 1. The van der Waals surface area contributed by atoms with Crippen molar-refractivity contribution in [1.82, 2.24) is 15.0 Å². The fourth-order valence-electron chi connectivity index (χ4n) is 1.61. The summed E-state index contributed by atoms with van der Waals surface area (Å²) >= 11 is 4.16. The zero-order valence-electron chi connectivity index (χ0n) is 8.34. The molecule has 1 aromatic carbocycles. The smallest absolute Gasteiger partial charge is 0.181 e. The summed E-state index contributed by atoms with van der Waals surface area (Å²) in [5.74, 6) is 1.46. The zero-order valence-corrected chi connectivity index (χ0v) is 9.24. The summed E-state index contributed by atoms with van der Waals surface area (Å²) in [5, 5.41) is 0. The molecule has 80 valence electrons. The van der Waals surface area contributed by atoms with Gasteiger partial charge in [0.15, 0.2) is 12.0 Å². The fourth-order valence-corrected chi connectivity index (χ4v) is 1.77. The highest BCUT2D eigenvalue weighted by Crippen LogP contribution is 2.22. The number of imidazole rings is 1. The molecule has 2 heterocycles. The molecule has 1 N–H and O–H groups in total. The Morgan fingerprint density at radius 3 is 3.06 bits per heavy atom.